The summed E-state index contributed by atoms with van der Waals surface area (Å²) in [5.74, 6) is -0.381. The van der Waals surface area contributed by atoms with Crippen molar-refractivity contribution in [2.24, 2.45) is 0 Å². The SMILES string of the molecule is CO[C@H]1[C@@H](OC)COC[C@@H]1OC(=O)c1ccccc1. The molecule has 19 heavy (non-hydrogen) atoms. The third kappa shape index (κ3) is 3.32. The molecule has 1 aromatic rings. The number of carbonyl (C=O) groups excluding carboxylic acids is 1. The normalized spacial score (nSPS) is 26.9. The van der Waals surface area contributed by atoms with Gasteiger partial charge in [0.05, 0.1) is 18.8 Å². The van der Waals surface area contributed by atoms with E-state index in [0.717, 1.165) is 0 Å². The minimum Gasteiger partial charge on any atom is -0.453 e. The first-order valence-electron chi connectivity index (χ1n) is 6.15. The Labute approximate surface area is 112 Å². The molecule has 104 valence electrons. The van der Waals surface area contributed by atoms with Gasteiger partial charge in [0.15, 0.2) is 6.10 Å². The number of rotatable bonds is 4. The summed E-state index contributed by atoms with van der Waals surface area (Å²) in [7, 11) is 3.16. The Morgan fingerprint density at radius 2 is 1.79 bits per heavy atom. The van der Waals surface area contributed by atoms with E-state index in [1.807, 2.05) is 6.07 Å². The molecule has 0 aliphatic carbocycles. The van der Waals surface area contributed by atoms with E-state index in [0.29, 0.717) is 18.8 Å². The Hall–Kier alpha value is -1.43. The molecule has 0 bridgehead atoms. The van der Waals surface area contributed by atoms with Crippen molar-refractivity contribution in [1.29, 1.82) is 0 Å². The van der Waals surface area contributed by atoms with Crippen LogP contribution in [0.3, 0.4) is 0 Å². The fraction of sp³-hybridized carbons (Fsp3) is 0.500. The minimum atomic E-state index is -0.462. The topological polar surface area (TPSA) is 54.0 Å². The molecule has 1 aliphatic heterocycles. The molecular formula is C14H18O5. The van der Waals surface area contributed by atoms with Gasteiger partial charge in [-0.25, -0.2) is 4.79 Å². The fourth-order valence-corrected chi connectivity index (χ4v) is 2.12. The van der Waals surface area contributed by atoms with E-state index >= 15 is 0 Å². The van der Waals surface area contributed by atoms with Crippen molar-refractivity contribution in [3.63, 3.8) is 0 Å². The van der Waals surface area contributed by atoms with Gasteiger partial charge in [-0.05, 0) is 12.1 Å². The zero-order valence-electron chi connectivity index (χ0n) is 11.1. The Bertz CT molecular complexity index is 406. The molecule has 0 amide bonds. The van der Waals surface area contributed by atoms with E-state index in [4.69, 9.17) is 18.9 Å². The van der Waals surface area contributed by atoms with Gasteiger partial charge in [-0.15, -0.1) is 0 Å². The molecule has 2 rings (SSSR count). The molecule has 5 nitrogen and oxygen atoms in total. The van der Waals surface area contributed by atoms with E-state index in [-0.39, 0.29) is 18.2 Å². The van der Waals surface area contributed by atoms with E-state index < -0.39 is 6.10 Å². The fourth-order valence-electron chi connectivity index (χ4n) is 2.12. The van der Waals surface area contributed by atoms with Gasteiger partial charge in [0, 0.05) is 14.2 Å². The number of hydrogen-bond acceptors (Lipinski definition) is 5. The Morgan fingerprint density at radius 3 is 2.42 bits per heavy atom. The van der Waals surface area contributed by atoms with Gasteiger partial charge in [0.1, 0.15) is 12.2 Å². The highest BCUT2D eigenvalue weighted by atomic mass is 16.6. The van der Waals surface area contributed by atoms with Crippen LogP contribution in [-0.2, 0) is 18.9 Å². The number of benzene rings is 1. The van der Waals surface area contributed by atoms with Crippen LogP contribution in [0.25, 0.3) is 0 Å². The van der Waals surface area contributed by atoms with Crippen molar-refractivity contribution >= 4 is 5.97 Å². The number of carbonyl (C=O) groups is 1. The Morgan fingerprint density at radius 1 is 1.11 bits per heavy atom. The lowest BCUT2D eigenvalue weighted by Crippen LogP contribution is -2.51. The van der Waals surface area contributed by atoms with E-state index in [9.17, 15) is 4.79 Å². The summed E-state index contributed by atoms with van der Waals surface area (Å²) in [6.45, 7) is 0.755. The van der Waals surface area contributed by atoms with Crippen LogP contribution in [0.1, 0.15) is 10.4 Å². The largest absolute Gasteiger partial charge is 0.453 e. The third-order valence-corrected chi connectivity index (χ3v) is 3.14. The third-order valence-electron chi connectivity index (χ3n) is 3.14. The van der Waals surface area contributed by atoms with Crippen LogP contribution in [0.5, 0.6) is 0 Å². The van der Waals surface area contributed by atoms with Crippen molar-refractivity contribution in [1.82, 2.24) is 0 Å². The van der Waals surface area contributed by atoms with E-state index in [1.54, 1.807) is 38.5 Å². The van der Waals surface area contributed by atoms with Gasteiger partial charge < -0.3 is 18.9 Å². The molecule has 3 atom stereocenters. The van der Waals surface area contributed by atoms with Crippen molar-refractivity contribution < 1.29 is 23.7 Å². The highest BCUT2D eigenvalue weighted by Gasteiger charge is 2.37. The van der Waals surface area contributed by atoms with Crippen LogP contribution >= 0.6 is 0 Å². The zero-order valence-corrected chi connectivity index (χ0v) is 11.1. The maximum Gasteiger partial charge on any atom is 0.338 e. The van der Waals surface area contributed by atoms with Gasteiger partial charge >= 0.3 is 5.97 Å². The number of hydrogen-bond donors (Lipinski definition) is 0. The molecule has 1 fully saturated rings. The average molecular weight is 266 g/mol. The highest BCUT2D eigenvalue weighted by Crippen LogP contribution is 2.18. The van der Waals surface area contributed by atoms with Crippen LogP contribution in [-0.4, -0.2) is 51.7 Å². The highest BCUT2D eigenvalue weighted by molar-refractivity contribution is 5.89. The Kier molecular flexibility index (Phi) is 4.90. The van der Waals surface area contributed by atoms with Gasteiger partial charge in [-0.1, -0.05) is 18.2 Å². The van der Waals surface area contributed by atoms with E-state index in [1.165, 1.54) is 0 Å². The molecule has 1 aromatic carbocycles. The van der Waals surface area contributed by atoms with Crippen LogP contribution in [0.4, 0.5) is 0 Å². The molecule has 1 saturated heterocycles. The maximum atomic E-state index is 12.0. The van der Waals surface area contributed by atoms with Crippen molar-refractivity contribution in [2.45, 2.75) is 18.3 Å². The summed E-state index contributed by atoms with van der Waals surface area (Å²) >= 11 is 0. The summed E-state index contributed by atoms with van der Waals surface area (Å²) in [4.78, 5) is 12.0. The van der Waals surface area contributed by atoms with E-state index in [2.05, 4.69) is 0 Å². The molecule has 0 radical (unpaired) electrons. The first-order chi connectivity index (χ1) is 9.26. The van der Waals surface area contributed by atoms with Crippen molar-refractivity contribution in [3.8, 4) is 0 Å². The maximum absolute atomic E-state index is 12.0. The van der Waals surface area contributed by atoms with Gasteiger partial charge in [-0.3, -0.25) is 0 Å². The summed E-state index contributed by atoms with van der Waals surface area (Å²) in [6.07, 6.45) is -1.00. The van der Waals surface area contributed by atoms with Gasteiger partial charge in [-0.2, -0.15) is 0 Å². The lowest BCUT2D eigenvalue weighted by atomic mass is 10.1. The molecule has 5 heteroatoms. The summed E-state index contributed by atoms with van der Waals surface area (Å²) in [5, 5.41) is 0. The predicted molar refractivity (Wildman–Crippen MR) is 68.1 cm³/mol. The first kappa shape index (κ1) is 14.0. The van der Waals surface area contributed by atoms with Crippen LogP contribution in [0.2, 0.25) is 0 Å². The van der Waals surface area contributed by atoms with Crippen molar-refractivity contribution in [3.05, 3.63) is 35.9 Å². The molecule has 1 aliphatic rings. The number of esters is 1. The Balaban J connectivity index is 2.03. The zero-order chi connectivity index (χ0) is 13.7. The van der Waals surface area contributed by atoms with Crippen LogP contribution in [0, 0.1) is 0 Å². The average Bonchev–Trinajstić information content (AvgIpc) is 2.47. The second-order valence-corrected chi connectivity index (χ2v) is 4.32. The predicted octanol–water partition coefficient (Wildman–Crippen LogP) is 1.27. The molecule has 0 spiro atoms. The lowest BCUT2D eigenvalue weighted by Gasteiger charge is -2.35. The van der Waals surface area contributed by atoms with Gasteiger partial charge in [0.2, 0.25) is 0 Å². The summed E-state index contributed by atoms with van der Waals surface area (Å²) < 4.78 is 21.4. The second kappa shape index (κ2) is 6.65. The van der Waals surface area contributed by atoms with Gasteiger partial charge in [0.25, 0.3) is 0 Å². The monoisotopic (exact) mass is 266 g/mol. The molecule has 1 heterocycles. The van der Waals surface area contributed by atoms with Crippen LogP contribution < -0.4 is 0 Å². The molecular weight excluding hydrogens is 248 g/mol. The smallest absolute Gasteiger partial charge is 0.338 e. The summed E-state index contributed by atoms with van der Waals surface area (Å²) in [5.41, 5.74) is 0.511. The quantitative estimate of drug-likeness (QED) is 0.768. The number of ether oxygens (including phenoxy) is 4. The van der Waals surface area contributed by atoms with Crippen LogP contribution in [0.15, 0.2) is 30.3 Å². The second-order valence-electron chi connectivity index (χ2n) is 4.32. The molecule has 0 aromatic heterocycles. The standard InChI is InChI=1S/C14H18O5/c1-16-11-8-18-9-12(13(11)17-2)19-14(15)10-6-4-3-5-7-10/h3-7,11-13H,8-9H2,1-2H3/t11-,12-,13-/m0/s1. The van der Waals surface area contributed by atoms with Crippen molar-refractivity contribution in [2.75, 3.05) is 27.4 Å². The summed E-state index contributed by atoms with van der Waals surface area (Å²) in [6, 6.07) is 8.85. The molecule has 0 unspecified atom stereocenters. The molecule has 0 saturated carbocycles. The first-order valence-corrected chi connectivity index (χ1v) is 6.15. The minimum absolute atomic E-state index is 0.229. The number of methoxy groups -OCH3 is 2. The lowest BCUT2D eigenvalue weighted by molar-refractivity contribution is -0.173. The molecule has 0 N–H and O–H groups in total.